The molecular formula is C12H21N3O4. The number of carboxylic acids is 1. The Balaban J connectivity index is 2.31. The van der Waals surface area contributed by atoms with Crippen LogP contribution in [0.4, 0.5) is 4.79 Å². The van der Waals surface area contributed by atoms with Crippen LogP contribution in [0.5, 0.6) is 0 Å². The molecule has 1 atom stereocenters. The van der Waals surface area contributed by atoms with Crippen molar-refractivity contribution in [1.29, 1.82) is 0 Å². The van der Waals surface area contributed by atoms with Gasteiger partial charge in [0, 0.05) is 25.6 Å². The van der Waals surface area contributed by atoms with Gasteiger partial charge in [0.05, 0.1) is 0 Å². The number of hydrogen-bond donors (Lipinski definition) is 3. The smallest absolute Gasteiger partial charge is 0.326 e. The minimum atomic E-state index is -0.981. The molecule has 0 aromatic rings. The molecular weight excluding hydrogens is 250 g/mol. The molecule has 0 radical (unpaired) electrons. The zero-order chi connectivity index (χ0) is 14.4. The summed E-state index contributed by atoms with van der Waals surface area (Å²) >= 11 is 0. The van der Waals surface area contributed by atoms with Crippen LogP contribution in [0.1, 0.15) is 33.1 Å². The second kappa shape index (κ2) is 6.96. The van der Waals surface area contributed by atoms with Crippen molar-refractivity contribution in [2.45, 2.75) is 45.2 Å². The molecule has 3 N–H and O–H groups in total. The Morgan fingerprint density at radius 2 is 2.05 bits per heavy atom. The fourth-order valence-electron chi connectivity index (χ4n) is 2.05. The van der Waals surface area contributed by atoms with Crippen molar-refractivity contribution in [1.82, 2.24) is 15.5 Å². The molecule has 0 spiro atoms. The highest BCUT2D eigenvalue weighted by atomic mass is 16.4. The molecule has 7 nitrogen and oxygen atoms in total. The van der Waals surface area contributed by atoms with Crippen LogP contribution in [0.2, 0.25) is 0 Å². The van der Waals surface area contributed by atoms with Crippen molar-refractivity contribution in [3.8, 4) is 0 Å². The molecule has 0 saturated carbocycles. The van der Waals surface area contributed by atoms with Crippen LogP contribution < -0.4 is 10.6 Å². The van der Waals surface area contributed by atoms with E-state index in [1.807, 2.05) is 13.8 Å². The SMILES string of the molecule is CC(C)NC(=O)CCNC(=O)N1CCCC1C(=O)O. The van der Waals surface area contributed by atoms with Crippen molar-refractivity contribution in [3.05, 3.63) is 0 Å². The fraction of sp³-hybridized carbons (Fsp3) is 0.750. The molecule has 1 heterocycles. The maximum Gasteiger partial charge on any atom is 0.326 e. The van der Waals surface area contributed by atoms with Gasteiger partial charge in [-0.05, 0) is 26.7 Å². The predicted molar refractivity (Wildman–Crippen MR) is 68.7 cm³/mol. The Morgan fingerprint density at radius 1 is 1.37 bits per heavy atom. The van der Waals surface area contributed by atoms with E-state index < -0.39 is 18.0 Å². The lowest BCUT2D eigenvalue weighted by atomic mass is 10.2. The molecule has 1 unspecified atom stereocenters. The van der Waals surface area contributed by atoms with Crippen molar-refractivity contribution in [2.24, 2.45) is 0 Å². The lowest BCUT2D eigenvalue weighted by molar-refractivity contribution is -0.141. The van der Waals surface area contributed by atoms with E-state index in [-0.39, 0.29) is 24.9 Å². The molecule has 1 rings (SSSR count). The minimum Gasteiger partial charge on any atom is -0.480 e. The Labute approximate surface area is 112 Å². The number of carbonyl (C=O) groups is 3. The topological polar surface area (TPSA) is 98.7 Å². The molecule has 1 fully saturated rings. The van der Waals surface area contributed by atoms with Crippen molar-refractivity contribution in [2.75, 3.05) is 13.1 Å². The number of aliphatic carboxylic acids is 1. The van der Waals surface area contributed by atoms with Gasteiger partial charge < -0.3 is 20.6 Å². The van der Waals surface area contributed by atoms with Gasteiger partial charge in [-0.15, -0.1) is 0 Å². The molecule has 7 heteroatoms. The third-order valence-corrected chi connectivity index (χ3v) is 2.88. The van der Waals surface area contributed by atoms with Crippen LogP contribution >= 0.6 is 0 Å². The van der Waals surface area contributed by atoms with E-state index in [0.29, 0.717) is 19.4 Å². The molecule has 1 aliphatic rings. The van der Waals surface area contributed by atoms with Gasteiger partial charge in [0.1, 0.15) is 6.04 Å². The van der Waals surface area contributed by atoms with Crippen molar-refractivity contribution in [3.63, 3.8) is 0 Å². The summed E-state index contributed by atoms with van der Waals surface area (Å²) in [6.07, 6.45) is 1.37. The summed E-state index contributed by atoms with van der Waals surface area (Å²) in [5, 5.41) is 14.3. The Morgan fingerprint density at radius 3 is 2.63 bits per heavy atom. The summed E-state index contributed by atoms with van der Waals surface area (Å²) in [5.41, 5.74) is 0. The number of hydrogen-bond acceptors (Lipinski definition) is 3. The summed E-state index contributed by atoms with van der Waals surface area (Å²) in [6, 6.07) is -1.09. The van der Waals surface area contributed by atoms with Gasteiger partial charge in [-0.2, -0.15) is 0 Å². The lowest BCUT2D eigenvalue weighted by Crippen LogP contribution is -2.46. The quantitative estimate of drug-likeness (QED) is 0.663. The highest BCUT2D eigenvalue weighted by molar-refractivity contribution is 5.83. The molecule has 0 aromatic carbocycles. The van der Waals surface area contributed by atoms with Gasteiger partial charge in [0.25, 0.3) is 0 Å². The minimum absolute atomic E-state index is 0.0678. The van der Waals surface area contributed by atoms with Crippen LogP contribution in [-0.2, 0) is 9.59 Å². The van der Waals surface area contributed by atoms with Gasteiger partial charge in [0.2, 0.25) is 5.91 Å². The molecule has 0 bridgehead atoms. The van der Waals surface area contributed by atoms with E-state index in [4.69, 9.17) is 5.11 Å². The van der Waals surface area contributed by atoms with Gasteiger partial charge in [-0.25, -0.2) is 9.59 Å². The summed E-state index contributed by atoms with van der Waals surface area (Å²) in [4.78, 5) is 35.4. The van der Waals surface area contributed by atoms with E-state index in [1.54, 1.807) is 0 Å². The zero-order valence-corrected chi connectivity index (χ0v) is 11.3. The standard InChI is InChI=1S/C12H21N3O4/c1-8(2)14-10(16)5-6-13-12(19)15-7-3-4-9(15)11(17)18/h8-9H,3-7H2,1-2H3,(H,13,19)(H,14,16)(H,17,18). The summed E-state index contributed by atoms with van der Waals surface area (Å²) in [5.74, 6) is -1.11. The fourth-order valence-corrected chi connectivity index (χ4v) is 2.05. The Kier molecular flexibility index (Phi) is 5.59. The Bertz CT molecular complexity index is 357. The number of urea groups is 1. The molecule has 108 valence electrons. The molecule has 0 aromatic heterocycles. The zero-order valence-electron chi connectivity index (χ0n) is 11.3. The number of nitrogens with zero attached hydrogens (tertiary/aromatic N) is 1. The van der Waals surface area contributed by atoms with Crippen molar-refractivity contribution < 1.29 is 19.5 Å². The van der Waals surface area contributed by atoms with Crippen LogP contribution in [0.25, 0.3) is 0 Å². The molecule has 1 saturated heterocycles. The van der Waals surface area contributed by atoms with E-state index in [9.17, 15) is 14.4 Å². The molecule has 1 aliphatic heterocycles. The third-order valence-electron chi connectivity index (χ3n) is 2.88. The first kappa shape index (κ1) is 15.3. The van der Waals surface area contributed by atoms with E-state index in [2.05, 4.69) is 10.6 Å². The van der Waals surface area contributed by atoms with Gasteiger partial charge in [-0.3, -0.25) is 4.79 Å². The van der Waals surface area contributed by atoms with Gasteiger partial charge in [0.15, 0.2) is 0 Å². The highest BCUT2D eigenvalue weighted by Crippen LogP contribution is 2.17. The second-order valence-electron chi connectivity index (χ2n) is 4.89. The number of amides is 3. The molecule has 19 heavy (non-hydrogen) atoms. The predicted octanol–water partition coefficient (Wildman–Crippen LogP) is 0.160. The Hall–Kier alpha value is -1.79. The van der Waals surface area contributed by atoms with Crippen LogP contribution in [0.15, 0.2) is 0 Å². The highest BCUT2D eigenvalue weighted by Gasteiger charge is 2.33. The number of rotatable bonds is 5. The van der Waals surface area contributed by atoms with Gasteiger partial charge >= 0.3 is 12.0 Å². The number of carboxylic acid groups (broad SMARTS) is 1. The maximum absolute atomic E-state index is 11.8. The van der Waals surface area contributed by atoms with Crippen LogP contribution in [-0.4, -0.2) is 53.1 Å². The lowest BCUT2D eigenvalue weighted by Gasteiger charge is -2.21. The van der Waals surface area contributed by atoms with Gasteiger partial charge in [-0.1, -0.05) is 0 Å². The monoisotopic (exact) mass is 271 g/mol. The average Bonchev–Trinajstić information content (AvgIpc) is 2.76. The summed E-state index contributed by atoms with van der Waals surface area (Å²) in [6.45, 7) is 4.37. The van der Waals surface area contributed by atoms with Crippen LogP contribution in [0.3, 0.4) is 0 Å². The second-order valence-corrected chi connectivity index (χ2v) is 4.89. The maximum atomic E-state index is 11.8. The van der Waals surface area contributed by atoms with Crippen molar-refractivity contribution >= 4 is 17.9 Å². The molecule has 0 aliphatic carbocycles. The summed E-state index contributed by atoms with van der Waals surface area (Å²) < 4.78 is 0. The van der Waals surface area contributed by atoms with Crippen LogP contribution in [0, 0.1) is 0 Å². The first-order chi connectivity index (χ1) is 8.91. The first-order valence-electron chi connectivity index (χ1n) is 6.48. The van der Waals surface area contributed by atoms with E-state index >= 15 is 0 Å². The number of likely N-dealkylation sites (tertiary alicyclic amines) is 1. The largest absolute Gasteiger partial charge is 0.480 e. The number of carbonyl (C=O) groups excluding carboxylic acids is 2. The first-order valence-corrected chi connectivity index (χ1v) is 6.48. The number of nitrogens with one attached hydrogen (secondary N) is 2. The van der Waals surface area contributed by atoms with E-state index in [1.165, 1.54) is 4.90 Å². The molecule has 3 amide bonds. The third kappa shape index (κ3) is 4.76. The normalized spacial score (nSPS) is 18.5. The summed E-state index contributed by atoms with van der Waals surface area (Å²) in [7, 11) is 0. The average molecular weight is 271 g/mol. The van der Waals surface area contributed by atoms with E-state index in [0.717, 1.165) is 0 Å².